The summed E-state index contributed by atoms with van der Waals surface area (Å²) in [6.07, 6.45) is 5.27. The molecule has 16 heavy (non-hydrogen) atoms. The maximum atomic E-state index is 4.74. The summed E-state index contributed by atoms with van der Waals surface area (Å²) in [5.74, 6) is 2.95. The average Bonchev–Trinajstić information content (AvgIpc) is 3.08. The zero-order valence-electron chi connectivity index (χ0n) is 10.8. The molecule has 2 nitrogen and oxygen atoms in total. The molecule has 0 spiro atoms. The van der Waals surface area contributed by atoms with E-state index in [9.17, 15) is 0 Å². The fraction of sp³-hybridized carbons (Fsp3) is 0.923. The highest BCUT2D eigenvalue weighted by Gasteiger charge is 2.34. The summed E-state index contributed by atoms with van der Waals surface area (Å²) in [5, 5.41) is 4.82. The van der Waals surface area contributed by atoms with Crippen molar-refractivity contribution in [3.63, 3.8) is 0 Å². The van der Waals surface area contributed by atoms with Crippen molar-refractivity contribution in [2.75, 3.05) is 12.3 Å². The van der Waals surface area contributed by atoms with E-state index in [0.717, 1.165) is 18.4 Å². The Balaban J connectivity index is 1.84. The maximum absolute atomic E-state index is 4.74. The molecule has 92 valence electrons. The monoisotopic (exact) mass is 240 g/mol. The Morgan fingerprint density at radius 2 is 2.12 bits per heavy atom. The van der Waals surface area contributed by atoms with Crippen LogP contribution in [-0.4, -0.2) is 23.0 Å². The molecule has 0 radical (unpaired) electrons. The van der Waals surface area contributed by atoms with Gasteiger partial charge in [0.25, 0.3) is 0 Å². The summed E-state index contributed by atoms with van der Waals surface area (Å²) >= 11 is 1.91. The van der Waals surface area contributed by atoms with E-state index >= 15 is 0 Å². The Morgan fingerprint density at radius 1 is 1.44 bits per heavy atom. The second-order valence-electron chi connectivity index (χ2n) is 5.36. The molecule has 1 heterocycles. The Kier molecular flexibility index (Phi) is 3.83. The van der Waals surface area contributed by atoms with Gasteiger partial charge in [0.1, 0.15) is 0 Å². The second kappa shape index (κ2) is 4.99. The minimum absolute atomic E-state index is 0.326. The number of rotatable bonds is 5. The minimum Gasteiger partial charge on any atom is -0.359 e. The number of nitrogens with one attached hydrogen (secondary N) is 1. The van der Waals surface area contributed by atoms with E-state index in [1.807, 2.05) is 11.8 Å². The molecule has 3 heteroatoms. The molecule has 1 aliphatic heterocycles. The predicted molar refractivity (Wildman–Crippen MR) is 73.1 cm³/mol. The Hall–Kier alpha value is -0.180. The lowest BCUT2D eigenvalue weighted by Crippen LogP contribution is -2.42. The molecule has 2 fully saturated rings. The topological polar surface area (TPSA) is 24.4 Å². The van der Waals surface area contributed by atoms with Crippen LogP contribution in [0.2, 0.25) is 0 Å². The maximum Gasteiger partial charge on any atom is 0.157 e. The number of hydrogen-bond donors (Lipinski definition) is 1. The molecule has 1 N–H and O–H groups in total. The number of nitrogens with zero attached hydrogens (tertiary/aromatic N) is 1. The van der Waals surface area contributed by atoms with Crippen LogP contribution in [0.1, 0.15) is 46.5 Å². The molecule has 1 saturated heterocycles. The predicted octanol–water partition coefficient (Wildman–Crippen LogP) is 3.28. The molecule has 0 aromatic carbocycles. The summed E-state index contributed by atoms with van der Waals surface area (Å²) in [6, 6.07) is 0. The van der Waals surface area contributed by atoms with E-state index in [4.69, 9.17) is 4.99 Å². The smallest absolute Gasteiger partial charge is 0.157 e. The van der Waals surface area contributed by atoms with Gasteiger partial charge < -0.3 is 5.32 Å². The molecule has 0 aromatic rings. The van der Waals surface area contributed by atoms with Crippen LogP contribution in [0.3, 0.4) is 0 Å². The Labute approximate surface area is 104 Å². The van der Waals surface area contributed by atoms with Gasteiger partial charge >= 0.3 is 0 Å². The fourth-order valence-electron chi connectivity index (χ4n) is 2.26. The van der Waals surface area contributed by atoms with Crippen LogP contribution in [0.4, 0.5) is 0 Å². The van der Waals surface area contributed by atoms with Crippen molar-refractivity contribution in [1.29, 1.82) is 0 Å². The van der Waals surface area contributed by atoms with E-state index in [1.54, 1.807) is 0 Å². The first-order chi connectivity index (χ1) is 7.69. The highest BCUT2D eigenvalue weighted by molar-refractivity contribution is 8.14. The van der Waals surface area contributed by atoms with Gasteiger partial charge in [0.05, 0.1) is 0 Å². The standard InChI is InChI=1S/C13H24N2S/c1-4-13(5-2)9-16-12(15-13)14-8-10(3)11-6-7-11/h10-11H,4-9H2,1-3H3,(H,14,15). The lowest BCUT2D eigenvalue weighted by molar-refractivity contribution is 0.407. The lowest BCUT2D eigenvalue weighted by Gasteiger charge is -2.25. The first-order valence-corrected chi connectivity index (χ1v) is 7.63. The van der Waals surface area contributed by atoms with Gasteiger partial charge in [0, 0.05) is 17.8 Å². The third kappa shape index (κ3) is 2.73. The average molecular weight is 240 g/mol. The van der Waals surface area contributed by atoms with Crippen LogP contribution in [0.15, 0.2) is 4.99 Å². The van der Waals surface area contributed by atoms with Gasteiger partial charge in [-0.1, -0.05) is 32.5 Å². The minimum atomic E-state index is 0.326. The van der Waals surface area contributed by atoms with E-state index in [-0.39, 0.29) is 0 Å². The summed E-state index contributed by atoms with van der Waals surface area (Å²) in [5.41, 5.74) is 0.326. The number of aliphatic imine (C=N–C) groups is 1. The highest BCUT2D eigenvalue weighted by atomic mass is 32.2. The molecule has 0 bridgehead atoms. The van der Waals surface area contributed by atoms with Gasteiger partial charge in [-0.25, -0.2) is 0 Å². The quantitative estimate of drug-likeness (QED) is 0.797. The van der Waals surface area contributed by atoms with Gasteiger partial charge in [0.2, 0.25) is 0 Å². The molecule has 1 aliphatic carbocycles. The van der Waals surface area contributed by atoms with Crippen LogP contribution >= 0.6 is 11.8 Å². The molecule has 1 atom stereocenters. The van der Waals surface area contributed by atoms with Crippen molar-refractivity contribution < 1.29 is 0 Å². The van der Waals surface area contributed by atoms with E-state index in [2.05, 4.69) is 26.1 Å². The summed E-state index contributed by atoms with van der Waals surface area (Å²) < 4.78 is 0. The van der Waals surface area contributed by atoms with Crippen molar-refractivity contribution in [1.82, 2.24) is 5.32 Å². The van der Waals surface area contributed by atoms with Crippen LogP contribution < -0.4 is 5.32 Å². The van der Waals surface area contributed by atoms with E-state index in [1.165, 1.54) is 36.6 Å². The van der Waals surface area contributed by atoms with Crippen molar-refractivity contribution in [2.45, 2.75) is 52.0 Å². The van der Waals surface area contributed by atoms with Crippen LogP contribution in [-0.2, 0) is 0 Å². The van der Waals surface area contributed by atoms with Gasteiger partial charge in [-0.3, -0.25) is 4.99 Å². The van der Waals surface area contributed by atoms with Gasteiger partial charge in [-0.15, -0.1) is 0 Å². The molecule has 0 amide bonds. The van der Waals surface area contributed by atoms with Crippen LogP contribution in [0.5, 0.6) is 0 Å². The summed E-state index contributed by atoms with van der Waals surface area (Å²) in [7, 11) is 0. The molecule has 2 aliphatic rings. The van der Waals surface area contributed by atoms with Gasteiger partial charge in [-0.2, -0.15) is 0 Å². The van der Waals surface area contributed by atoms with E-state index < -0.39 is 0 Å². The fourth-order valence-corrected chi connectivity index (χ4v) is 3.61. The zero-order valence-corrected chi connectivity index (χ0v) is 11.6. The Bertz CT molecular complexity index is 267. The third-order valence-corrected chi connectivity index (χ3v) is 5.36. The molecular weight excluding hydrogens is 216 g/mol. The first-order valence-electron chi connectivity index (χ1n) is 6.64. The number of thioether (sulfide) groups is 1. The summed E-state index contributed by atoms with van der Waals surface area (Å²) in [4.78, 5) is 4.74. The van der Waals surface area contributed by atoms with Crippen molar-refractivity contribution in [3.05, 3.63) is 0 Å². The van der Waals surface area contributed by atoms with Gasteiger partial charge in [0.15, 0.2) is 5.17 Å². The van der Waals surface area contributed by atoms with E-state index in [0.29, 0.717) is 5.54 Å². The number of hydrogen-bond acceptors (Lipinski definition) is 2. The summed E-state index contributed by atoms with van der Waals surface area (Å²) in [6.45, 7) is 7.90. The number of amidine groups is 1. The Morgan fingerprint density at radius 3 is 2.62 bits per heavy atom. The molecule has 0 aromatic heterocycles. The van der Waals surface area contributed by atoms with Crippen LogP contribution in [0.25, 0.3) is 0 Å². The molecule has 1 unspecified atom stereocenters. The zero-order chi connectivity index (χ0) is 11.6. The van der Waals surface area contributed by atoms with Crippen molar-refractivity contribution in [2.24, 2.45) is 16.8 Å². The third-order valence-electron chi connectivity index (χ3n) is 4.16. The second-order valence-corrected chi connectivity index (χ2v) is 6.33. The SMILES string of the molecule is CCC1(CC)CSC(=NCC(C)C2CC2)N1. The molecule has 1 saturated carbocycles. The van der Waals surface area contributed by atoms with Crippen molar-refractivity contribution >= 4 is 16.9 Å². The molecule has 2 rings (SSSR count). The lowest BCUT2D eigenvalue weighted by atomic mass is 9.96. The van der Waals surface area contributed by atoms with Crippen molar-refractivity contribution in [3.8, 4) is 0 Å². The first kappa shape index (κ1) is 12.3. The highest BCUT2D eigenvalue weighted by Crippen LogP contribution is 2.37. The molecular formula is C13H24N2S. The normalized spacial score (nSPS) is 28.1. The van der Waals surface area contributed by atoms with Crippen LogP contribution in [0, 0.1) is 11.8 Å². The van der Waals surface area contributed by atoms with Gasteiger partial charge in [-0.05, 0) is 37.5 Å². The largest absolute Gasteiger partial charge is 0.359 e.